The quantitative estimate of drug-likeness (QED) is 0.551. The molecule has 0 spiro atoms. The van der Waals surface area contributed by atoms with Crippen LogP contribution in [0.3, 0.4) is 0 Å². The van der Waals surface area contributed by atoms with Gasteiger partial charge in [-0.3, -0.25) is 4.99 Å². The van der Waals surface area contributed by atoms with Crippen LogP contribution in [0, 0.1) is 0 Å². The molecule has 2 N–H and O–H groups in total. The van der Waals surface area contributed by atoms with Crippen molar-refractivity contribution in [3.63, 3.8) is 0 Å². The Morgan fingerprint density at radius 3 is 2.30 bits per heavy atom. The molecule has 1 aliphatic rings. The highest BCUT2D eigenvalue weighted by Gasteiger charge is 2.35. The second-order valence-corrected chi connectivity index (χ2v) is 11.3. The number of guanidine groups is 1. The molecule has 27 heavy (non-hydrogen) atoms. The van der Waals surface area contributed by atoms with Crippen LogP contribution < -0.4 is 10.6 Å². The second-order valence-electron chi connectivity index (χ2n) is 8.41. The highest BCUT2D eigenvalue weighted by Crippen LogP contribution is 2.41. The Balaban J connectivity index is 2.06. The van der Waals surface area contributed by atoms with Crippen molar-refractivity contribution >= 4 is 15.8 Å². The van der Waals surface area contributed by atoms with Crippen molar-refractivity contribution in [1.82, 2.24) is 10.6 Å². The zero-order valence-electron chi connectivity index (χ0n) is 17.2. The van der Waals surface area contributed by atoms with Crippen molar-refractivity contribution in [3.05, 3.63) is 35.9 Å². The molecule has 6 heteroatoms. The number of sulfone groups is 1. The van der Waals surface area contributed by atoms with Gasteiger partial charge in [-0.15, -0.1) is 0 Å². The van der Waals surface area contributed by atoms with Gasteiger partial charge in [0, 0.05) is 18.5 Å². The summed E-state index contributed by atoms with van der Waals surface area (Å²) in [4.78, 5) is 4.83. The third-order valence-electron chi connectivity index (χ3n) is 5.43. The summed E-state index contributed by atoms with van der Waals surface area (Å²) in [5.41, 5.74) is 1.46. The molecule has 1 fully saturated rings. The first-order valence-corrected chi connectivity index (χ1v) is 11.7. The molecule has 0 saturated heterocycles. The summed E-state index contributed by atoms with van der Waals surface area (Å²) >= 11 is 0. The fraction of sp³-hybridized carbons (Fsp3) is 0.667. The van der Waals surface area contributed by atoms with Crippen LogP contribution in [0.15, 0.2) is 35.3 Å². The van der Waals surface area contributed by atoms with Crippen LogP contribution >= 0.6 is 0 Å². The summed E-state index contributed by atoms with van der Waals surface area (Å²) < 4.78 is 23.9. The van der Waals surface area contributed by atoms with Gasteiger partial charge in [-0.25, -0.2) is 8.42 Å². The summed E-state index contributed by atoms with van der Waals surface area (Å²) in [7, 11) is -3.14. The predicted molar refractivity (Wildman–Crippen MR) is 114 cm³/mol. The summed E-state index contributed by atoms with van der Waals surface area (Å²) in [5, 5.41) is 6.45. The fourth-order valence-corrected chi connectivity index (χ4v) is 4.55. The van der Waals surface area contributed by atoms with Gasteiger partial charge in [-0.2, -0.15) is 0 Å². The lowest BCUT2D eigenvalue weighted by atomic mass is 9.79. The molecule has 0 heterocycles. The van der Waals surface area contributed by atoms with E-state index < -0.39 is 14.6 Å². The number of nitrogens with one attached hydrogen (secondary N) is 2. The molecule has 1 saturated carbocycles. The van der Waals surface area contributed by atoms with Gasteiger partial charge >= 0.3 is 0 Å². The summed E-state index contributed by atoms with van der Waals surface area (Å²) in [6.45, 7) is 9.08. The van der Waals surface area contributed by atoms with Crippen LogP contribution in [0.25, 0.3) is 0 Å². The molecule has 0 bridgehead atoms. The number of hydrogen-bond donors (Lipinski definition) is 2. The zero-order valence-corrected chi connectivity index (χ0v) is 18.0. The lowest BCUT2D eigenvalue weighted by Gasteiger charge is -2.28. The average molecular weight is 394 g/mol. The molecule has 0 aliphatic heterocycles. The molecule has 0 amide bonds. The lowest BCUT2D eigenvalue weighted by Crippen LogP contribution is -2.42. The van der Waals surface area contributed by atoms with E-state index in [9.17, 15) is 8.42 Å². The summed E-state index contributed by atoms with van der Waals surface area (Å²) in [6.07, 6.45) is 4.77. The molecule has 1 aromatic rings. The minimum absolute atomic E-state index is 0.0983. The monoisotopic (exact) mass is 393 g/mol. The number of benzene rings is 1. The molecular weight excluding hydrogens is 358 g/mol. The normalized spacial score (nSPS) is 17.7. The molecule has 152 valence electrons. The van der Waals surface area contributed by atoms with Gasteiger partial charge in [0.15, 0.2) is 15.8 Å². The van der Waals surface area contributed by atoms with Gasteiger partial charge in [0.1, 0.15) is 0 Å². The molecule has 0 aromatic heterocycles. The molecule has 5 nitrogen and oxygen atoms in total. The average Bonchev–Trinajstić information content (AvgIpc) is 3.09. The van der Waals surface area contributed by atoms with Gasteiger partial charge in [0.05, 0.1) is 17.0 Å². The predicted octanol–water partition coefficient (Wildman–Crippen LogP) is 3.27. The minimum Gasteiger partial charge on any atom is -0.357 e. The third-order valence-corrected chi connectivity index (χ3v) is 8.03. The Hall–Kier alpha value is -1.56. The van der Waals surface area contributed by atoms with Gasteiger partial charge in [0.25, 0.3) is 0 Å². The van der Waals surface area contributed by atoms with Crippen LogP contribution in [0.2, 0.25) is 0 Å². The van der Waals surface area contributed by atoms with E-state index >= 15 is 0 Å². The van der Waals surface area contributed by atoms with Crippen LogP contribution in [-0.2, 0) is 15.3 Å². The summed E-state index contributed by atoms with van der Waals surface area (Å²) in [5.74, 6) is 0.800. The van der Waals surface area contributed by atoms with E-state index in [0.29, 0.717) is 12.5 Å². The lowest BCUT2D eigenvalue weighted by molar-refractivity contribution is 0.452. The Morgan fingerprint density at radius 1 is 1.11 bits per heavy atom. The molecule has 0 atom stereocenters. The van der Waals surface area contributed by atoms with E-state index in [1.807, 2.05) is 6.92 Å². The first kappa shape index (κ1) is 21.7. The fourth-order valence-electron chi connectivity index (χ4n) is 3.56. The van der Waals surface area contributed by atoms with E-state index in [0.717, 1.165) is 25.9 Å². The highest BCUT2D eigenvalue weighted by atomic mass is 32.2. The first-order chi connectivity index (χ1) is 12.7. The molecule has 2 rings (SSSR count). The standard InChI is InChI=1S/C21H35N3O2S/c1-5-22-19(23-15-16-27(25,26)20(2,3)4)24-17-21(13-9-10-14-21)18-11-7-6-8-12-18/h6-8,11-12H,5,9-10,13-17H2,1-4H3,(H2,22,23,24). The van der Waals surface area contributed by atoms with Crippen molar-refractivity contribution in [2.75, 3.05) is 25.4 Å². The maximum atomic E-state index is 12.3. The number of hydrogen-bond acceptors (Lipinski definition) is 3. The maximum absolute atomic E-state index is 12.3. The van der Waals surface area contributed by atoms with Gasteiger partial charge in [-0.05, 0) is 46.1 Å². The van der Waals surface area contributed by atoms with Crippen molar-refractivity contribution in [3.8, 4) is 0 Å². The zero-order chi connectivity index (χ0) is 20.0. The first-order valence-electron chi connectivity index (χ1n) is 10.0. The Bertz CT molecular complexity index is 716. The van der Waals surface area contributed by atoms with Crippen LogP contribution in [-0.4, -0.2) is 44.5 Å². The van der Waals surface area contributed by atoms with Crippen molar-refractivity contribution < 1.29 is 8.42 Å². The Morgan fingerprint density at radius 2 is 1.74 bits per heavy atom. The SMILES string of the molecule is CCNC(=NCC1(c2ccccc2)CCCC1)NCCS(=O)(=O)C(C)(C)C. The highest BCUT2D eigenvalue weighted by molar-refractivity contribution is 7.92. The number of rotatable bonds is 7. The Kier molecular flexibility index (Phi) is 7.32. The molecule has 0 unspecified atom stereocenters. The van der Waals surface area contributed by atoms with Crippen molar-refractivity contribution in [2.45, 2.75) is 63.5 Å². The maximum Gasteiger partial charge on any atom is 0.191 e. The van der Waals surface area contributed by atoms with E-state index in [4.69, 9.17) is 4.99 Å². The molecule has 1 aliphatic carbocycles. The van der Waals surface area contributed by atoms with Crippen LogP contribution in [0.1, 0.15) is 58.9 Å². The van der Waals surface area contributed by atoms with Gasteiger partial charge in [0.2, 0.25) is 0 Å². The smallest absolute Gasteiger partial charge is 0.191 e. The van der Waals surface area contributed by atoms with E-state index in [-0.39, 0.29) is 11.2 Å². The minimum atomic E-state index is -3.14. The van der Waals surface area contributed by atoms with Crippen molar-refractivity contribution in [1.29, 1.82) is 0 Å². The summed E-state index contributed by atoms with van der Waals surface area (Å²) in [6, 6.07) is 10.7. The molecular formula is C21H35N3O2S. The van der Waals surface area contributed by atoms with Gasteiger partial charge in [-0.1, -0.05) is 43.2 Å². The number of nitrogens with zero attached hydrogens (tertiary/aromatic N) is 1. The second kappa shape index (κ2) is 9.09. The largest absolute Gasteiger partial charge is 0.357 e. The van der Waals surface area contributed by atoms with E-state index in [1.165, 1.54) is 18.4 Å². The van der Waals surface area contributed by atoms with Gasteiger partial charge < -0.3 is 10.6 Å². The molecule has 0 radical (unpaired) electrons. The van der Waals surface area contributed by atoms with Crippen molar-refractivity contribution in [2.24, 2.45) is 4.99 Å². The topological polar surface area (TPSA) is 70.6 Å². The number of aliphatic imine (C=N–C) groups is 1. The Labute approximate surface area is 165 Å². The van der Waals surface area contributed by atoms with Crippen LogP contribution in [0.4, 0.5) is 0 Å². The molecule has 1 aromatic carbocycles. The van der Waals surface area contributed by atoms with E-state index in [1.54, 1.807) is 20.8 Å². The van der Waals surface area contributed by atoms with E-state index in [2.05, 4.69) is 41.0 Å². The third kappa shape index (κ3) is 5.71. The van der Waals surface area contributed by atoms with Crippen LogP contribution in [0.5, 0.6) is 0 Å².